The minimum atomic E-state index is -0.838. The van der Waals surface area contributed by atoms with Crippen LogP contribution in [-0.4, -0.2) is 56.5 Å². The number of amides is 1. The van der Waals surface area contributed by atoms with Crippen LogP contribution < -0.4 is 4.74 Å². The molecule has 3 aromatic rings. The first-order valence-electron chi connectivity index (χ1n) is 9.50. The Balaban J connectivity index is 1.78. The zero-order chi connectivity index (χ0) is 20.4. The molecule has 29 heavy (non-hydrogen) atoms. The van der Waals surface area contributed by atoms with Gasteiger partial charge in [0.1, 0.15) is 11.4 Å². The minimum absolute atomic E-state index is 0.0853. The molecular formula is C22H23N3O3S. The molecule has 0 aliphatic carbocycles. The van der Waals surface area contributed by atoms with Crippen molar-refractivity contribution in [3.05, 3.63) is 65.9 Å². The van der Waals surface area contributed by atoms with Crippen LogP contribution in [-0.2, 0) is 10.8 Å². The SMILES string of the molecule is COc1cccc(-c2nn(-c3ccc(C)cc3)cc2C(=O)N2CCS(=O)CC2)c1. The predicted molar refractivity (Wildman–Crippen MR) is 114 cm³/mol. The normalized spacial score (nSPS) is 14.8. The van der Waals surface area contributed by atoms with E-state index in [-0.39, 0.29) is 5.91 Å². The van der Waals surface area contributed by atoms with Gasteiger partial charge in [-0.2, -0.15) is 5.10 Å². The Hall–Kier alpha value is -2.93. The van der Waals surface area contributed by atoms with E-state index >= 15 is 0 Å². The van der Waals surface area contributed by atoms with Crippen LogP contribution in [0.5, 0.6) is 5.75 Å². The van der Waals surface area contributed by atoms with Crippen LogP contribution in [0, 0.1) is 6.92 Å². The van der Waals surface area contributed by atoms with Gasteiger partial charge in [0.15, 0.2) is 0 Å². The van der Waals surface area contributed by atoms with Crippen LogP contribution in [0.2, 0.25) is 0 Å². The second-order valence-corrected chi connectivity index (χ2v) is 8.74. The van der Waals surface area contributed by atoms with E-state index < -0.39 is 10.8 Å². The summed E-state index contributed by atoms with van der Waals surface area (Å²) in [4.78, 5) is 15.1. The number of methoxy groups -OCH3 is 1. The van der Waals surface area contributed by atoms with Crippen LogP contribution in [0.15, 0.2) is 54.7 Å². The van der Waals surface area contributed by atoms with Crippen molar-refractivity contribution >= 4 is 16.7 Å². The van der Waals surface area contributed by atoms with E-state index in [9.17, 15) is 9.00 Å². The van der Waals surface area contributed by atoms with Crippen LogP contribution in [0.25, 0.3) is 16.9 Å². The molecule has 0 atom stereocenters. The molecule has 1 fully saturated rings. The number of carbonyl (C=O) groups excluding carboxylic acids is 1. The van der Waals surface area contributed by atoms with Gasteiger partial charge in [0, 0.05) is 47.2 Å². The van der Waals surface area contributed by atoms with E-state index in [0.29, 0.717) is 41.6 Å². The fourth-order valence-electron chi connectivity index (χ4n) is 3.36. The number of hydrogen-bond acceptors (Lipinski definition) is 4. The van der Waals surface area contributed by atoms with Gasteiger partial charge in [0.2, 0.25) is 0 Å². The number of hydrogen-bond donors (Lipinski definition) is 0. The monoisotopic (exact) mass is 409 g/mol. The summed E-state index contributed by atoms with van der Waals surface area (Å²) in [7, 11) is 0.777. The van der Waals surface area contributed by atoms with E-state index in [4.69, 9.17) is 9.84 Å². The molecule has 0 unspecified atom stereocenters. The summed E-state index contributed by atoms with van der Waals surface area (Å²) in [6.07, 6.45) is 1.79. The van der Waals surface area contributed by atoms with Crippen molar-refractivity contribution in [2.45, 2.75) is 6.92 Å². The molecule has 0 saturated carbocycles. The van der Waals surface area contributed by atoms with Crippen molar-refractivity contribution in [1.29, 1.82) is 0 Å². The summed E-state index contributed by atoms with van der Waals surface area (Å²) in [6.45, 7) is 3.03. The molecule has 1 aliphatic rings. The molecular weight excluding hydrogens is 386 g/mol. The van der Waals surface area contributed by atoms with Gasteiger partial charge in [0.05, 0.1) is 18.4 Å². The molecule has 7 heteroatoms. The molecule has 2 heterocycles. The van der Waals surface area contributed by atoms with Gasteiger partial charge in [-0.1, -0.05) is 29.8 Å². The number of carbonyl (C=O) groups is 1. The van der Waals surface area contributed by atoms with Crippen molar-refractivity contribution in [3.8, 4) is 22.7 Å². The van der Waals surface area contributed by atoms with Gasteiger partial charge >= 0.3 is 0 Å². The second-order valence-electron chi connectivity index (χ2n) is 7.04. The Morgan fingerprint density at radius 2 is 1.83 bits per heavy atom. The number of rotatable bonds is 4. The number of aromatic nitrogens is 2. The Morgan fingerprint density at radius 3 is 2.52 bits per heavy atom. The van der Waals surface area contributed by atoms with Gasteiger partial charge in [-0.3, -0.25) is 9.00 Å². The van der Waals surface area contributed by atoms with Crippen molar-refractivity contribution in [2.75, 3.05) is 31.7 Å². The highest BCUT2D eigenvalue weighted by atomic mass is 32.2. The van der Waals surface area contributed by atoms with Crippen LogP contribution in [0.4, 0.5) is 0 Å². The van der Waals surface area contributed by atoms with E-state index in [2.05, 4.69) is 0 Å². The number of nitrogens with zero attached hydrogens (tertiary/aromatic N) is 3. The highest BCUT2D eigenvalue weighted by Crippen LogP contribution is 2.28. The molecule has 4 rings (SSSR count). The lowest BCUT2D eigenvalue weighted by Gasteiger charge is -2.26. The summed E-state index contributed by atoms with van der Waals surface area (Å²) in [5.74, 6) is 1.66. The largest absolute Gasteiger partial charge is 0.497 e. The lowest BCUT2D eigenvalue weighted by atomic mass is 10.1. The van der Waals surface area contributed by atoms with Crippen molar-refractivity contribution in [2.24, 2.45) is 0 Å². The van der Waals surface area contributed by atoms with Gasteiger partial charge in [-0.25, -0.2) is 4.68 Å². The standard InChI is InChI=1S/C22H23N3O3S/c1-16-6-8-18(9-7-16)25-15-20(22(26)24-10-12-29(27)13-11-24)21(23-25)17-4-3-5-19(14-17)28-2/h3-9,14-15H,10-13H2,1-2H3. The lowest BCUT2D eigenvalue weighted by Crippen LogP contribution is -2.41. The third-order valence-corrected chi connectivity index (χ3v) is 6.33. The smallest absolute Gasteiger partial charge is 0.257 e. The Labute approximate surface area is 172 Å². The first-order valence-corrected chi connectivity index (χ1v) is 11.0. The highest BCUT2D eigenvalue weighted by Gasteiger charge is 2.26. The van der Waals surface area contributed by atoms with Gasteiger partial charge in [-0.05, 0) is 31.2 Å². The molecule has 1 amide bonds. The first-order chi connectivity index (χ1) is 14.0. The fourth-order valence-corrected chi connectivity index (χ4v) is 4.41. The number of aryl methyl sites for hydroxylation is 1. The third kappa shape index (κ3) is 4.10. The zero-order valence-corrected chi connectivity index (χ0v) is 17.3. The lowest BCUT2D eigenvalue weighted by molar-refractivity contribution is 0.0772. The van der Waals surface area contributed by atoms with E-state index in [1.165, 1.54) is 0 Å². The molecule has 150 valence electrons. The van der Waals surface area contributed by atoms with Crippen LogP contribution >= 0.6 is 0 Å². The summed E-state index contributed by atoms with van der Waals surface area (Å²) >= 11 is 0. The fraction of sp³-hybridized carbons (Fsp3) is 0.273. The summed E-state index contributed by atoms with van der Waals surface area (Å²) in [5, 5.41) is 4.74. The maximum atomic E-state index is 13.3. The summed E-state index contributed by atoms with van der Waals surface area (Å²) < 4.78 is 18.8. The summed E-state index contributed by atoms with van der Waals surface area (Å²) in [6, 6.07) is 15.6. The van der Waals surface area contributed by atoms with Gasteiger partial charge in [0.25, 0.3) is 5.91 Å². The van der Waals surface area contributed by atoms with Crippen molar-refractivity contribution < 1.29 is 13.7 Å². The third-order valence-electron chi connectivity index (χ3n) is 5.05. The topological polar surface area (TPSA) is 64.4 Å². The average Bonchev–Trinajstić information content (AvgIpc) is 3.20. The molecule has 2 aromatic carbocycles. The van der Waals surface area contributed by atoms with Crippen LogP contribution in [0.3, 0.4) is 0 Å². The summed E-state index contributed by atoms with van der Waals surface area (Å²) in [5.41, 5.74) is 4.01. The van der Waals surface area contributed by atoms with Crippen LogP contribution in [0.1, 0.15) is 15.9 Å². The number of benzene rings is 2. The molecule has 1 aromatic heterocycles. The maximum Gasteiger partial charge on any atom is 0.257 e. The van der Waals surface area contributed by atoms with E-state index in [0.717, 1.165) is 16.8 Å². The van der Waals surface area contributed by atoms with Crippen molar-refractivity contribution in [1.82, 2.24) is 14.7 Å². The average molecular weight is 410 g/mol. The quantitative estimate of drug-likeness (QED) is 0.664. The molecule has 0 radical (unpaired) electrons. The van der Waals surface area contributed by atoms with Gasteiger partial charge in [-0.15, -0.1) is 0 Å². The predicted octanol–water partition coefficient (Wildman–Crippen LogP) is 3.06. The van der Waals surface area contributed by atoms with Gasteiger partial charge < -0.3 is 9.64 Å². The molecule has 6 nitrogen and oxygen atoms in total. The Morgan fingerprint density at radius 1 is 1.10 bits per heavy atom. The van der Waals surface area contributed by atoms with E-state index in [1.807, 2.05) is 55.5 Å². The zero-order valence-electron chi connectivity index (χ0n) is 16.5. The van der Waals surface area contributed by atoms with Crippen molar-refractivity contribution in [3.63, 3.8) is 0 Å². The molecule has 0 bridgehead atoms. The van der Waals surface area contributed by atoms with E-state index in [1.54, 1.807) is 22.9 Å². The Bertz CT molecular complexity index is 1050. The maximum absolute atomic E-state index is 13.3. The molecule has 1 aliphatic heterocycles. The molecule has 1 saturated heterocycles. The minimum Gasteiger partial charge on any atom is -0.497 e. The second kappa shape index (κ2) is 8.21. The first kappa shape index (κ1) is 19.4. The Kier molecular flexibility index (Phi) is 5.49. The number of ether oxygens (including phenoxy) is 1. The molecule has 0 spiro atoms. The highest BCUT2D eigenvalue weighted by molar-refractivity contribution is 7.85. The molecule has 0 N–H and O–H groups in total.